The summed E-state index contributed by atoms with van der Waals surface area (Å²) in [5, 5.41) is 0. The first kappa shape index (κ1) is 14.6. The van der Waals surface area contributed by atoms with Crippen molar-refractivity contribution in [3.8, 4) is 0 Å². The highest BCUT2D eigenvalue weighted by Gasteiger charge is 2.18. The molecule has 0 radical (unpaired) electrons. The molecule has 1 aromatic heterocycles. The quantitative estimate of drug-likeness (QED) is 0.874. The van der Waals surface area contributed by atoms with Crippen molar-refractivity contribution in [2.45, 2.75) is 13.3 Å². The van der Waals surface area contributed by atoms with Crippen LogP contribution < -0.4 is 5.90 Å². The predicted octanol–water partition coefficient (Wildman–Crippen LogP) is 3.75. The maximum atomic E-state index is 13.9. The van der Waals surface area contributed by atoms with Gasteiger partial charge in [-0.1, -0.05) is 30.3 Å². The average Bonchev–Trinajstić information content (AvgIpc) is 2.87. The van der Waals surface area contributed by atoms with E-state index in [1.54, 1.807) is 6.07 Å². The third-order valence-corrected chi connectivity index (χ3v) is 3.74. The fourth-order valence-electron chi connectivity index (χ4n) is 2.70. The molecule has 2 aromatic rings. The van der Waals surface area contributed by atoms with Crippen LogP contribution in [0.15, 0.2) is 42.6 Å². The van der Waals surface area contributed by atoms with E-state index in [1.165, 1.54) is 6.20 Å². The van der Waals surface area contributed by atoms with E-state index in [4.69, 9.17) is 5.90 Å². The second-order valence-corrected chi connectivity index (χ2v) is 5.28. The lowest BCUT2D eigenvalue weighted by molar-refractivity contribution is 0.144. The van der Waals surface area contributed by atoms with E-state index in [0.717, 1.165) is 34.4 Å². The highest BCUT2D eigenvalue weighted by molar-refractivity contribution is 6.01. The summed E-state index contributed by atoms with van der Waals surface area (Å²) in [6.07, 6.45) is 5.91. The Bertz CT molecular complexity index is 765. The van der Waals surface area contributed by atoms with Crippen LogP contribution in [0.1, 0.15) is 28.8 Å². The number of nitrogens with two attached hydrogens (primary N) is 1. The first-order valence-corrected chi connectivity index (χ1v) is 7.15. The van der Waals surface area contributed by atoms with Crippen LogP contribution >= 0.6 is 0 Å². The van der Waals surface area contributed by atoms with Crippen molar-refractivity contribution < 1.29 is 9.23 Å². The lowest BCUT2D eigenvalue weighted by Crippen LogP contribution is -2.01. The Morgan fingerprint density at radius 3 is 2.82 bits per heavy atom. The second kappa shape index (κ2) is 6.22. The van der Waals surface area contributed by atoms with E-state index in [1.807, 2.05) is 31.2 Å². The number of benzene rings is 1. The van der Waals surface area contributed by atoms with Crippen LogP contribution in [-0.2, 0) is 4.84 Å². The monoisotopic (exact) mass is 296 g/mol. The van der Waals surface area contributed by atoms with Crippen molar-refractivity contribution in [3.63, 3.8) is 0 Å². The smallest absolute Gasteiger partial charge is 0.148 e. The maximum absolute atomic E-state index is 13.9. The number of aromatic nitrogens is 1. The van der Waals surface area contributed by atoms with Gasteiger partial charge in [0.25, 0.3) is 0 Å². The van der Waals surface area contributed by atoms with Gasteiger partial charge in [-0.2, -0.15) is 0 Å². The van der Waals surface area contributed by atoms with Crippen LogP contribution in [-0.4, -0.2) is 11.6 Å². The van der Waals surface area contributed by atoms with E-state index in [2.05, 4.69) is 22.0 Å². The highest BCUT2D eigenvalue weighted by atomic mass is 19.1. The molecule has 0 unspecified atom stereocenters. The topological polar surface area (TPSA) is 48.1 Å². The number of pyridine rings is 1. The van der Waals surface area contributed by atoms with Gasteiger partial charge in [0.05, 0.1) is 12.8 Å². The molecule has 0 saturated heterocycles. The number of hydrogen-bond acceptors (Lipinski definition) is 3. The lowest BCUT2D eigenvalue weighted by atomic mass is 10.0. The van der Waals surface area contributed by atoms with Gasteiger partial charge in [0.1, 0.15) is 5.82 Å². The SMILES string of the molecule is Cc1cc(/C=C2/C=C(CCON)c3ccccc32)c(F)cn1. The zero-order valence-electron chi connectivity index (χ0n) is 12.3. The van der Waals surface area contributed by atoms with Gasteiger partial charge in [-0.25, -0.2) is 10.3 Å². The molecule has 1 aliphatic carbocycles. The molecule has 1 aliphatic rings. The molecular formula is C18H17FN2O. The van der Waals surface area contributed by atoms with Gasteiger partial charge in [-0.3, -0.25) is 4.98 Å². The average molecular weight is 296 g/mol. The van der Waals surface area contributed by atoms with E-state index < -0.39 is 0 Å². The van der Waals surface area contributed by atoms with Gasteiger partial charge >= 0.3 is 0 Å². The summed E-state index contributed by atoms with van der Waals surface area (Å²) in [7, 11) is 0. The summed E-state index contributed by atoms with van der Waals surface area (Å²) in [6, 6.07) is 9.83. The number of fused-ring (bicyclic) bond motifs is 1. The molecule has 0 aliphatic heterocycles. The first-order valence-electron chi connectivity index (χ1n) is 7.15. The molecule has 0 saturated carbocycles. The van der Waals surface area contributed by atoms with Crippen LogP contribution in [0.2, 0.25) is 0 Å². The van der Waals surface area contributed by atoms with Gasteiger partial charge < -0.3 is 4.84 Å². The molecule has 1 aromatic carbocycles. The van der Waals surface area contributed by atoms with Crippen LogP contribution in [0.25, 0.3) is 17.2 Å². The molecule has 3 nitrogen and oxygen atoms in total. The molecule has 0 amide bonds. The van der Waals surface area contributed by atoms with Crippen LogP contribution in [0, 0.1) is 12.7 Å². The molecule has 0 spiro atoms. The summed E-state index contributed by atoms with van der Waals surface area (Å²) in [4.78, 5) is 8.64. The zero-order valence-corrected chi connectivity index (χ0v) is 12.3. The van der Waals surface area contributed by atoms with Crippen molar-refractivity contribution in [2.75, 3.05) is 6.61 Å². The van der Waals surface area contributed by atoms with Crippen LogP contribution in [0.4, 0.5) is 4.39 Å². The Morgan fingerprint density at radius 1 is 1.27 bits per heavy atom. The number of nitrogens with zero attached hydrogens (tertiary/aromatic N) is 1. The Kier molecular flexibility index (Phi) is 4.13. The summed E-state index contributed by atoms with van der Waals surface area (Å²) < 4.78 is 13.9. The molecular weight excluding hydrogens is 279 g/mol. The summed E-state index contributed by atoms with van der Waals surface area (Å²) >= 11 is 0. The molecule has 2 N–H and O–H groups in total. The molecule has 22 heavy (non-hydrogen) atoms. The van der Waals surface area contributed by atoms with Gasteiger partial charge in [0.2, 0.25) is 0 Å². The Morgan fingerprint density at radius 2 is 2.05 bits per heavy atom. The molecule has 112 valence electrons. The fraction of sp³-hybridized carbons (Fsp3) is 0.167. The third-order valence-electron chi connectivity index (χ3n) is 3.74. The summed E-state index contributed by atoms with van der Waals surface area (Å²) in [6.45, 7) is 2.31. The molecule has 3 rings (SSSR count). The Balaban J connectivity index is 2.05. The number of allylic oxidation sites excluding steroid dienone is 2. The Hall–Kier alpha value is -2.30. The number of aryl methyl sites for hydroxylation is 1. The minimum atomic E-state index is -0.317. The maximum Gasteiger partial charge on any atom is 0.148 e. The minimum Gasteiger partial charge on any atom is -0.304 e. The fourth-order valence-corrected chi connectivity index (χ4v) is 2.70. The van der Waals surface area contributed by atoms with Crippen molar-refractivity contribution in [1.29, 1.82) is 0 Å². The molecule has 0 atom stereocenters. The predicted molar refractivity (Wildman–Crippen MR) is 86.0 cm³/mol. The largest absolute Gasteiger partial charge is 0.304 e. The van der Waals surface area contributed by atoms with Crippen LogP contribution in [0.5, 0.6) is 0 Å². The first-order chi connectivity index (χ1) is 10.7. The van der Waals surface area contributed by atoms with E-state index in [-0.39, 0.29) is 5.82 Å². The van der Waals surface area contributed by atoms with Crippen molar-refractivity contribution in [1.82, 2.24) is 4.98 Å². The number of hydrogen-bond donors (Lipinski definition) is 1. The molecule has 0 fully saturated rings. The van der Waals surface area contributed by atoms with E-state index >= 15 is 0 Å². The van der Waals surface area contributed by atoms with E-state index in [9.17, 15) is 4.39 Å². The number of halogens is 1. The van der Waals surface area contributed by atoms with Crippen molar-refractivity contribution >= 4 is 17.2 Å². The summed E-state index contributed by atoms with van der Waals surface area (Å²) in [5.41, 5.74) is 5.73. The van der Waals surface area contributed by atoms with Crippen LogP contribution in [0.3, 0.4) is 0 Å². The van der Waals surface area contributed by atoms with Gasteiger partial charge in [-0.05, 0) is 47.8 Å². The Labute approximate surface area is 128 Å². The third kappa shape index (κ3) is 2.84. The normalized spacial score (nSPS) is 15.0. The van der Waals surface area contributed by atoms with Gasteiger partial charge in [-0.15, -0.1) is 0 Å². The molecule has 1 heterocycles. The zero-order chi connectivity index (χ0) is 15.5. The lowest BCUT2D eigenvalue weighted by Gasteiger charge is -2.04. The van der Waals surface area contributed by atoms with E-state index in [0.29, 0.717) is 12.2 Å². The van der Waals surface area contributed by atoms with Gasteiger partial charge in [0, 0.05) is 11.3 Å². The minimum absolute atomic E-state index is 0.317. The molecule has 4 heteroatoms. The van der Waals surface area contributed by atoms with Crippen molar-refractivity contribution in [2.24, 2.45) is 5.90 Å². The number of rotatable bonds is 4. The standard InChI is InChI=1S/C18H17FN2O/c1-12-8-15(18(19)11-21-12)10-14-9-13(6-7-22-20)16-4-2-3-5-17(14)16/h2-5,8-11H,6-7,20H2,1H3/b14-10-. The second-order valence-electron chi connectivity index (χ2n) is 5.28. The summed E-state index contributed by atoms with van der Waals surface area (Å²) in [5.74, 6) is 4.81. The molecule has 0 bridgehead atoms. The van der Waals surface area contributed by atoms with Gasteiger partial charge in [0.15, 0.2) is 0 Å². The van der Waals surface area contributed by atoms with Crippen molar-refractivity contribution in [3.05, 3.63) is 70.8 Å². The highest BCUT2D eigenvalue weighted by Crippen LogP contribution is 2.38.